The molecule has 2 aromatic carbocycles. The van der Waals surface area contributed by atoms with E-state index in [0.717, 1.165) is 12.1 Å². The molecule has 0 saturated heterocycles. The van der Waals surface area contributed by atoms with Crippen molar-refractivity contribution in [2.24, 2.45) is 0 Å². The van der Waals surface area contributed by atoms with E-state index in [2.05, 4.69) is 18.3 Å². The van der Waals surface area contributed by atoms with Gasteiger partial charge in [0, 0.05) is 11.7 Å². The summed E-state index contributed by atoms with van der Waals surface area (Å²) in [5, 5.41) is 13.9. The quantitative estimate of drug-likeness (QED) is 0.667. The van der Waals surface area contributed by atoms with E-state index in [9.17, 15) is 14.9 Å². The summed E-state index contributed by atoms with van der Waals surface area (Å²) in [5.41, 5.74) is 2.21. The van der Waals surface area contributed by atoms with Crippen molar-refractivity contribution in [3.63, 3.8) is 0 Å². The van der Waals surface area contributed by atoms with Gasteiger partial charge in [-0.2, -0.15) is 0 Å². The van der Waals surface area contributed by atoms with Gasteiger partial charge in [-0.15, -0.1) is 0 Å². The Morgan fingerprint density at radius 3 is 2.84 bits per heavy atom. The van der Waals surface area contributed by atoms with Gasteiger partial charge in [0.1, 0.15) is 11.4 Å². The third kappa shape index (κ3) is 3.40. The number of nitro groups is 1. The zero-order chi connectivity index (χ0) is 18.0. The summed E-state index contributed by atoms with van der Waals surface area (Å²) in [5.74, 6) is 0.0728. The first-order valence-electron chi connectivity index (χ1n) is 7.96. The number of para-hydroxylation sites is 1. The van der Waals surface area contributed by atoms with Crippen LogP contribution in [0, 0.1) is 10.1 Å². The van der Waals surface area contributed by atoms with Crippen LogP contribution in [0.25, 0.3) is 0 Å². The van der Waals surface area contributed by atoms with Gasteiger partial charge in [-0.3, -0.25) is 14.9 Å². The van der Waals surface area contributed by atoms with E-state index in [1.807, 2.05) is 23.1 Å². The molecule has 1 aliphatic rings. The van der Waals surface area contributed by atoms with Crippen molar-refractivity contribution in [2.45, 2.75) is 19.4 Å². The zero-order valence-corrected chi connectivity index (χ0v) is 14.1. The zero-order valence-electron chi connectivity index (χ0n) is 14.1. The molecule has 130 valence electrons. The van der Waals surface area contributed by atoms with Crippen LogP contribution in [0.1, 0.15) is 12.5 Å². The van der Waals surface area contributed by atoms with E-state index in [1.165, 1.54) is 24.8 Å². The third-order valence-corrected chi connectivity index (χ3v) is 4.34. The van der Waals surface area contributed by atoms with Gasteiger partial charge in [0.25, 0.3) is 5.69 Å². The molecule has 0 saturated carbocycles. The van der Waals surface area contributed by atoms with Crippen molar-refractivity contribution in [3.8, 4) is 5.75 Å². The predicted octanol–water partition coefficient (Wildman–Crippen LogP) is 2.99. The first-order valence-corrected chi connectivity index (χ1v) is 7.96. The molecular formula is C18H19N3O4. The predicted molar refractivity (Wildman–Crippen MR) is 95.2 cm³/mol. The maximum absolute atomic E-state index is 12.4. The lowest BCUT2D eigenvalue weighted by Crippen LogP contribution is -2.37. The van der Waals surface area contributed by atoms with Gasteiger partial charge >= 0.3 is 0 Å². The van der Waals surface area contributed by atoms with Gasteiger partial charge in [-0.05, 0) is 37.1 Å². The number of nitro benzene ring substituents is 1. The topological polar surface area (TPSA) is 84.7 Å². The van der Waals surface area contributed by atoms with Gasteiger partial charge in [0.05, 0.1) is 24.6 Å². The Hall–Kier alpha value is -3.09. The first-order chi connectivity index (χ1) is 12.0. The molecule has 2 aromatic rings. The summed E-state index contributed by atoms with van der Waals surface area (Å²) in [7, 11) is 1.43. The molecule has 7 nitrogen and oxygen atoms in total. The van der Waals surface area contributed by atoms with Gasteiger partial charge in [0.2, 0.25) is 5.91 Å². The van der Waals surface area contributed by atoms with Crippen LogP contribution in [0.15, 0.2) is 42.5 Å². The number of anilines is 2. The molecule has 0 aliphatic carbocycles. The number of benzene rings is 2. The van der Waals surface area contributed by atoms with Crippen LogP contribution in [0.4, 0.5) is 17.1 Å². The Balaban J connectivity index is 1.76. The smallest absolute Gasteiger partial charge is 0.296 e. The number of methoxy groups -OCH3 is 1. The maximum Gasteiger partial charge on any atom is 0.296 e. The fourth-order valence-electron chi connectivity index (χ4n) is 3.11. The minimum absolute atomic E-state index is 0.140. The summed E-state index contributed by atoms with van der Waals surface area (Å²) < 4.78 is 5.00. The van der Waals surface area contributed by atoms with Crippen LogP contribution < -0.4 is 15.0 Å². The number of amides is 1. The van der Waals surface area contributed by atoms with E-state index < -0.39 is 4.92 Å². The molecular weight excluding hydrogens is 322 g/mol. The lowest BCUT2D eigenvalue weighted by Gasteiger charge is -2.24. The highest BCUT2D eigenvalue weighted by molar-refractivity contribution is 5.96. The number of fused-ring (bicyclic) bond motifs is 1. The van der Waals surface area contributed by atoms with Crippen molar-refractivity contribution >= 4 is 23.0 Å². The van der Waals surface area contributed by atoms with Gasteiger partial charge < -0.3 is 15.0 Å². The second-order valence-corrected chi connectivity index (χ2v) is 6.00. The summed E-state index contributed by atoms with van der Waals surface area (Å²) in [6.07, 6.45) is 0.881. The molecule has 0 unspecified atom stereocenters. The minimum Gasteiger partial charge on any atom is -0.496 e. The van der Waals surface area contributed by atoms with E-state index in [-0.39, 0.29) is 29.9 Å². The highest BCUT2D eigenvalue weighted by Crippen LogP contribution is 2.32. The number of carbonyl (C=O) groups excluding carboxylic acids is 1. The Labute approximate surface area is 145 Å². The number of hydrogen-bond acceptors (Lipinski definition) is 5. The Kier molecular flexibility index (Phi) is 4.56. The molecule has 25 heavy (non-hydrogen) atoms. The summed E-state index contributed by atoms with van der Waals surface area (Å²) in [6, 6.07) is 12.5. The van der Waals surface area contributed by atoms with Crippen LogP contribution in [-0.4, -0.2) is 30.5 Å². The summed E-state index contributed by atoms with van der Waals surface area (Å²) in [6.45, 7) is 2.20. The molecule has 0 fully saturated rings. The fourth-order valence-corrected chi connectivity index (χ4v) is 3.11. The van der Waals surface area contributed by atoms with E-state index in [4.69, 9.17) is 4.74 Å². The van der Waals surface area contributed by atoms with Crippen molar-refractivity contribution < 1.29 is 14.5 Å². The lowest BCUT2D eigenvalue weighted by atomic mass is 10.1. The number of ether oxygens (including phenoxy) is 1. The summed E-state index contributed by atoms with van der Waals surface area (Å²) in [4.78, 5) is 25.1. The molecule has 0 aromatic heterocycles. The normalized spacial score (nSPS) is 15.6. The molecule has 1 atom stereocenters. The number of hydrogen-bond donors (Lipinski definition) is 1. The number of nitrogens with one attached hydrogen (secondary N) is 1. The van der Waals surface area contributed by atoms with Crippen LogP contribution in [0.2, 0.25) is 0 Å². The molecule has 1 amide bonds. The minimum atomic E-state index is -0.536. The Morgan fingerprint density at radius 1 is 1.36 bits per heavy atom. The van der Waals surface area contributed by atoms with E-state index in [1.54, 1.807) is 6.07 Å². The first kappa shape index (κ1) is 16.8. The van der Waals surface area contributed by atoms with E-state index >= 15 is 0 Å². The second kappa shape index (κ2) is 6.80. The molecule has 1 heterocycles. The lowest BCUT2D eigenvalue weighted by molar-refractivity contribution is -0.384. The molecule has 0 radical (unpaired) electrons. The van der Waals surface area contributed by atoms with Crippen molar-refractivity contribution in [1.82, 2.24) is 0 Å². The fraction of sp³-hybridized carbons (Fsp3) is 0.278. The van der Waals surface area contributed by atoms with Gasteiger partial charge in [0.15, 0.2) is 0 Å². The highest BCUT2D eigenvalue weighted by atomic mass is 16.6. The molecule has 1 aliphatic heterocycles. The monoisotopic (exact) mass is 341 g/mol. The van der Waals surface area contributed by atoms with Gasteiger partial charge in [-0.1, -0.05) is 18.2 Å². The van der Waals surface area contributed by atoms with Crippen LogP contribution in [0.3, 0.4) is 0 Å². The summed E-state index contributed by atoms with van der Waals surface area (Å²) >= 11 is 0. The number of nitrogens with zero attached hydrogens (tertiary/aromatic N) is 2. The molecule has 0 spiro atoms. The average Bonchev–Trinajstić information content (AvgIpc) is 2.90. The van der Waals surface area contributed by atoms with E-state index in [0.29, 0.717) is 5.75 Å². The maximum atomic E-state index is 12.4. The van der Waals surface area contributed by atoms with Crippen LogP contribution in [-0.2, 0) is 11.2 Å². The Bertz CT molecular complexity index is 822. The van der Waals surface area contributed by atoms with Crippen LogP contribution in [0.5, 0.6) is 5.75 Å². The van der Waals surface area contributed by atoms with Gasteiger partial charge in [-0.25, -0.2) is 0 Å². The third-order valence-electron chi connectivity index (χ3n) is 4.34. The SMILES string of the molecule is COc1ccc(NC(=O)CN2c3ccccc3C[C@@H]2C)c([N+](=O)[O-])c1. The molecule has 1 N–H and O–H groups in total. The second-order valence-electron chi connectivity index (χ2n) is 6.00. The number of rotatable bonds is 5. The molecule has 3 rings (SSSR count). The number of carbonyl (C=O) groups is 1. The highest BCUT2D eigenvalue weighted by Gasteiger charge is 2.27. The van der Waals surface area contributed by atoms with Crippen molar-refractivity contribution in [3.05, 3.63) is 58.1 Å². The largest absolute Gasteiger partial charge is 0.496 e. The van der Waals surface area contributed by atoms with Crippen molar-refractivity contribution in [2.75, 3.05) is 23.9 Å². The Morgan fingerprint density at radius 2 is 2.12 bits per heavy atom. The molecule has 0 bridgehead atoms. The van der Waals surface area contributed by atoms with Crippen LogP contribution >= 0.6 is 0 Å². The standard InChI is InChI=1S/C18H19N3O4/c1-12-9-13-5-3-4-6-16(13)20(12)11-18(22)19-15-8-7-14(25-2)10-17(15)21(23)24/h3-8,10,12H,9,11H2,1-2H3,(H,19,22)/t12-/m0/s1. The average molecular weight is 341 g/mol. The molecule has 7 heteroatoms. The van der Waals surface area contributed by atoms with Crippen molar-refractivity contribution in [1.29, 1.82) is 0 Å².